The van der Waals surface area contributed by atoms with Crippen LogP contribution < -0.4 is 5.32 Å². The van der Waals surface area contributed by atoms with Gasteiger partial charge < -0.3 is 19.2 Å². The first-order valence-electron chi connectivity index (χ1n) is 9.10. The number of hydrogen-bond donors (Lipinski definition) is 1. The molecule has 2 heterocycles. The molecule has 0 radical (unpaired) electrons. The van der Waals surface area contributed by atoms with Gasteiger partial charge in [-0.2, -0.15) is 4.39 Å². The molecule has 27 heavy (non-hydrogen) atoms. The third-order valence-electron chi connectivity index (χ3n) is 5.01. The molecule has 2 atom stereocenters. The van der Waals surface area contributed by atoms with E-state index in [4.69, 9.17) is 13.9 Å². The van der Waals surface area contributed by atoms with Gasteiger partial charge in [0.1, 0.15) is 6.26 Å². The van der Waals surface area contributed by atoms with Gasteiger partial charge in [-0.3, -0.25) is 4.79 Å². The minimum absolute atomic E-state index is 0.0280. The molecule has 2 aromatic rings. The Kier molecular flexibility index (Phi) is 5.39. The van der Waals surface area contributed by atoms with Crippen molar-refractivity contribution in [1.82, 2.24) is 0 Å². The standard InChI is InChI=1S/C19H21F2NO4S/c1-10(23)27-15-5-3-2-4-13(15)22-14-9-26-18-11(14)8-12(16(20)17(18)21)19-24-6-7-25-19/h8-9,13,15,19,22H,2-7H2,1H3/t13-,15+/m0/s1. The SMILES string of the molecule is CC(=O)S[C@@H]1CCCC[C@@H]1Nc1coc2c(F)c(F)c(C3OCCO3)cc12. The Morgan fingerprint density at radius 2 is 1.93 bits per heavy atom. The quantitative estimate of drug-likeness (QED) is 0.803. The van der Waals surface area contributed by atoms with E-state index in [0.717, 1.165) is 25.7 Å². The molecule has 5 nitrogen and oxygen atoms in total. The zero-order valence-corrected chi connectivity index (χ0v) is 15.7. The lowest BCUT2D eigenvalue weighted by molar-refractivity contribution is -0.109. The van der Waals surface area contributed by atoms with Crippen molar-refractivity contribution in [1.29, 1.82) is 0 Å². The number of carbonyl (C=O) groups is 1. The van der Waals surface area contributed by atoms with Gasteiger partial charge in [-0.05, 0) is 18.9 Å². The van der Waals surface area contributed by atoms with Crippen LogP contribution >= 0.6 is 11.8 Å². The molecule has 1 N–H and O–H groups in total. The maximum Gasteiger partial charge on any atom is 0.202 e. The number of anilines is 1. The Labute approximate surface area is 159 Å². The highest BCUT2D eigenvalue weighted by molar-refractivity contribution is 8.14. The molecular formula is C19H21F2NO4S. The zero-order chi connectivity index (χ0) is 19.0. The number of thioether (sulfide) groups is 1. The molecule has 8 heteroatoms. The second-order valence-electron chi connectivity index (χ2n) is 6.88. The van der Waals surface area contributed by atoms with E-state index in [9.17, 15) is 13.6 Å². The fourth-order valence-electron chi connectivity index (χ4n) is 3.76. The van der Waals surface area contributed by atoms with Gasteiger partial charge in [0.15, 0.2) is 22.8 Å². The predicted octanol–water partition coefficient (Wildman–Crippen LogP) is 4.76. The molecule has 4 rings (SSSR count). The average molecular weight is 397 g/mol. The number of halogens is 2. The van der Waals surface area contributed by atoms with Gasteiger partial charge in [0.25, 0.3) is 0 Å². The summed E-state index contributed by atoms with van der Waals surface area (Å²) in [6, 6.07) is 1.58. The second kappa shape index (κ2) is 7.77. The molecule has 1 saturated carbocycles. The van der Waals surface area contributed by atoms with Gasteiger partial charge in [0.2, 0.25) is 5.82 Å². The summed E-state index contributed by atoms with van der Waals surface area (Å²) in [7, 11) is 0. The van der Waals surface area contributed by atoms with E-state index >= 15 is 0 Å². The minimum Gasteiger partial charge on any atom is -0.459 e. The molecule has 0 bridgehead atoms. The number of furan rings is 1. The van der Waals surface area contributed by atoms with Crippen molar-refractivity contribution in [3.8, 4) is 0 Å². The fourth-order valence-corrected chi connectivity index (χ4v) is 4.84. The number of carbonyl (C=O) groups excluding carboxylic acids is 1. The van der Waals surface area contributed by atoms with Crippen molar-refractivity contribution in [3.05, 3.63) is 29.5 Å². The Bertz CT molecular complexity index is 850. The van der Waals surface area contributed by atoms with Crippen LogP contribution in [0.2, 0.25) is 0 Å². The van der Waals surface area contributed by atoms with Gasteiger partial charge in [-0.1, -0.05) is 24.6 Å². The van der Waals surface area contributed by atoms with Gasteiger partial charge in [0.05, 0.1) is 18.9 Å². The van der Waals surface area contributed by atoms with Crippen molar-refractivity contribution in [3.63, 3.8) is 0 Å². The lowest BCUT2D eigenvalue weighted by Gasteiger charge is -2.31. The van der Waals surface area contributed by atoms with Gasteiger partial charge in [-0.25, -0.2) is 4.39 Å². The maximum absolute atomic E-state index is 14.5. The first kappa shape index (κ1) is 18.7. The number of fused-ring (bicyclic) bond motifs is 1. The third kappa shape index (κ3) is 3.70. The minimum atomic E-state index is -1.05. The molecule has 0 amide bonds. The van der Waals surface area contributed by atoms with Crippen LogP contribution in [0.4, 0.5) is 14.5 Å². The van der Waals surface area contributed by atoms with Gasteiger partial charge in [-0.15, -0.1) is 0 Å². The summed E-state index contributed by atoms with van der Waals surface area (Å²) in [5.74, 6) is -2.06. The van der Waals surface area contributed by atoms with E-state index in [1.807, 2.05) is 0 Å². The van der Waals surface area contributed by atoms with E-state index in [-0.39, 0.29) is 27.6 Å². The molecular weight excluding hydrogens is 376 g/mol. The van der Waals surface area contributed by atoms with Gasteiger partial charge in [0, 0.05) is 29.2 Å². The highest BCUT2D eigenvalue weighted by atomic mass is 32.2. The summed E-state index contributed by atoms with van der Waals surface area (Å²) in [4.78, 5) is 11.5. The summed E-state index contributed by atoms with van der Waals surface area (Å²) in [6.07, 6.45) is 4.47. The number of ether oxygens (including phenoxy) is 2. The summed E-state index contributed by atoms with van der Waals surface area (Å²) in [5.41, 5.74) is 0.479. The third-order valence-corrected chi connectivity index (χ3v) is 6.21. The molecule has 1 aliphatic carbocycles. The highest BCUT2D eigenvalue weighted by Crippen LogP contribution is 2.38. The van der Waals surface area contributed by atoms with Crippen LogP contribution in [-0.4, -0.2) is 29.6 Å². The van der Waals surface area contributed by atoms with Crippen LogP contribution in [0.15, 0.2) is 16.7 Å². The Hall–Kier alpha value is -1.64. The molecule has 0 unspecified atom stereocenters. The van der Waals surface area contributed by atoms with E-state index in [1.165, 1.54) is 24.1 Å². The number of nitrogens with one attached hydrogen (secondary N) is 1. The Morgan fingerprint density at radius 1 is 1.19 bits per heavy atom. The Morgan fingerprint density at radius 3 is 2.67 bits per heavy atom. The molecule has 1 aromatic heterocycles. The number of hydrogen-bond acceptors (Lipinski definition) is 6. The molecule has 2 aliphatic rings. The summed E-state index contributed by atoms with van der Waals surface area (Å²) >= 11 is 1.33. The molecule has 1 aromatic carbocycles. The number of rotatable bonds is 4. The van der Waals surface area contributed by atoms with Crippen LogP contribution in [0, 0.1) is 11.6 Å². The van der Waals surface area contributed by atoms with Crippen LogP contribution in [-0.2, 0) is 14.3 Å². The average Bonchev–Trinajstić information content (AvgIpc) is 3.29. The van der Waals surface area contributed by atoms with E-state index < -0.39 is 17.9 Å². The van der Waals surface area contributed by atoms with E-state index in [2.05, 4.69) is 5.32 Å². The summed E-state index contributed by atoms with van der Waals surface area (Å²) < 4.78 is 44.9. The van der Waals surface area contributed by atoms with Crippen molar-refractivity contribution < 1.29 is 27.5 Å². The molecule has 2 fully saturated rings. The maximum atomic E-state index is 14.5. The van der Waals surface area contributed by atoms with Gasteiger partial charge >= 0.3 is 0 Å². The molecule has 0 spiro atoms. The molecule has 1 saturated heterocycles. The summed E-state index contributed by atoms with van der Waals surface area (Å²) in [6.45, 7) is 2.24. The van der Waals surface area contributed by atoms with Crippen LogP contribution in [0.1, 0.15) is 44.5 Å². The van der Waals surface area contributed by atoms with Crippen molar-refractivity contribution in [2.24, 2.45) is 0 Å². The van der Waals surface area contributed by atoms with Crippen LogP contribution in [0.25, 0.3) is 11.0 Å². The largest absolute Gasteiger partial charge is 0.459 e. The smallest absolute Gasteiger partial charge is 0.202 e. The topological polar surface area (TPSA) is 60.7 Å². The summed E-state index contributed by atoms with van der Waals surface area (Å²) in [5, 5.41) is 4.06. The second-order valence-corrected chi connectivity index (χ2v) is 8.29. The monoisotopic (exact) mass is 397 g/mol. The van der Waals surface area contributed by atoms with Crippen molar-refractivity contribution >= 4 is 33.5 Å². The number of benzene rings is 1. The first-order chi connectivity index (χ1) is 13.0. The zero-order valence-electron chi connectivity index (χ0n) is 14.9. The predicted molar refractivity (Wildman–Crippen MR) is 98.7 cm³/mol. The molecule has 146 valence electrons. The van der Waals surface area contributed by atoms with Crippen LogP contribution in [0.3, 0.4) is 0 Å². The van der Waals surface area contributed by atoms with E-state index in [0.29, 0.717) is 24.3 Å². The van der Waals surface area contributed by atoms with Crippen LogP contribution in [0.5, 0.6) is 0 Å². The van der Waals surface area contributed by atoms with Crippen molar-refractivity contribution in [2.45, 2.75) is 50.2 Å². The first-order valence-corrected chi connectivity index (χ1v) is 9.98. The Balaban J connectivity index is 1.66. The normalized spacial score (nSPS) is 23.8. The van der Waals surface area contributed by atoms with Crippen molar-refractivity contribution in [2.75, 3.05) is 18.5 Å². The molecule has 1 aliphatic heterocycles. The lowest BCUT2D eigenvalue weighted by Crippen LogP contribution is -2.35. The fraction of sp³-hybridized carbons (Fsp3) is 0.526. The highest BCUT2D eigenvalue weighted by Gasteiger charge is 2.30. The van der Waals surface area contributed by atoms with E-state index in [1.54, 1.807) is 6.92 Å². The lowest BCUT2D eigenvalue weighted by atomic mass is 9.94.